The number of carbonyl (C=O) groups excluding carboxylic acids is 1. The van der Waals surface area contributed by atoms with Crippen molar-refractivity contribution in [3.63, 3.8) is 0 Å². The Balaban J connectivity index is 1.57. The smallest absolute Gasteiger partial charge is 0.234 e. The largest absolute Gasteiger partial charge is 0.487 e. The predicted molar refractivity (Wildman–Crippen MR) is 94.8 cm³/mol. The number of fused-ring (bicyclic) bond motifs is 1. The van der Waals surface area contributed by atoms with Crippen molar-refractivity contribution in [1.29, 1.82) is 0 Å². The summed E-state index contributed by atoms with van der Waals surface area (Å²) in [6.07, 6.45) is 0.829. The fourth-order valence-corrected chi connectivity index (χ4v) is 3.06. The quantitative estimate of drug-likeness (QED) is 0.888. The van der Waals surface area contributed by atoms with Crippen molar-refractivity contribution in [3.05, 3.63) is 65.7 Å². The summed E-state index contributed by atoms with van der Waals surface area (Å²) in [5, 5.41) is 6.33. The molecule has 0 aliphatic carbocycles. The van der Waals surface area contributed by atoms with Crippen LogP contribution in [0.25, 0.3) is 0 Å². The molecule has 2 aromatic rings. The van der Waals surface area contributed by atoms with Gasteiger partial charge < -0.3 is 15.4 Å². The van der Waals surface area contributed by atoms with E-state index in [1.165, 1.54) is 0 Å². The standard InChI is InChI=1S/C20H24N2O2/c1-20(2)12-17(16-10-6-7-11-18(16)24-20)21-14-19(23)22-13-15-8-4-3-5-9-15/h3-11,17,21H,12-14H2,1-2H3,(H,22,23). The molecule has 0 aromatic heterocycles. The molecule has 4 nitrogen and oxygen atoms in total. The van der Waals surface area contributed by atoms with Crippen LogP contribution in [0.5, 0.6) is 5.75 Å². The molecular weight excluding hydrogens is 300 g/mol. The van der Waals surface area contributed by atoms with Gasteiger partial charge in [0.25, 0.3) is 0 Å². The maximum absolute atomic E-state index is 12.1. The zero-order valence-corrected chi connectivity index (χ0v) is 14.2. The first-order valence-corrected chi connectivity index (χ1v) is 8.35. The molecule has 1 unspecified atom stereocenters. The summed E-state index contributed by atoms with van der Waals surface area (Å²) in [5.41, 5.74) is 1.98. The number of hydrogen-bond donors (Lipinski definition) is 2. The van der Waals surface area contributed by atoms with Gasteiger partial charge in [0.05, 0.1) is 6.54 Å². The van der Waals surface area contributed by atoms with E-state index >= 15 is 0 Å². The first kappa shape index (κ1) is 16.5. The minimum absolute atomic E-state index is 0.000585. The Bertz CT molecular complexity index is 698. The Morgan fingerprint density at radius 2 is 1.83 bits per heavy atom. The van der Waals surface area contributed by atoms with E-state index in [0.717, 1.165) is 23.3 Å². The number of nitrogens with one attached hydrogen (secondary N) is 2. The van der Waals surface area contributed by atoms with Crippen LogP contribution in [0.3, 0.4) is 0 Å². The Hall–Kier alpha value is -2.33. The summed E-state index contributed by atoms with van der Waals surface area (Å²) in [4.78, 5) is 12.1. The third-order valence-electron chi connectivity index (χ3n) is 4.22. The SMILES string of the molecule is CC1(C)CC(NCC(=O)NCc2ccccc2)c2ccccc2O1. The van der Waals surface area contributed by atoms with Gasteiger partial charge in [0.1, 0.15) is 11.4 Å². The van der Waals surface area contributed by atoms with Gasteiger partial charge in [-0.2, -0.15) is 0 Å². The van der Waals surface area contributed by atoms with Crippen LogP contribution in [0, 0.1) is 0 Å². The summed E-state index contributed by atoms with van der Waals surface area (Å²) in [6, 6.07) is 18.1. The second-order valence-electron chi connectivity index (χ2n) is 6.80. The Labute approximate surface area is 143 Å². The fourth-order valence-electron chi connectivity index (χ4n) is 3.06. The Kier molecular flexibility index (Phi) is 4.86. The number of para-hydroxylation sites is 1. The van der Waals surface area contributed by atoms with Crippen LogP contribution in [0.15, 0.2) is 54.6 Å². The van der Waals surface area contributed by atoms with Crippen molar-refractivity contribution < 1.29 is 9.53 Å². The van der Waals surface area contributed by atoms with Gasteiger partial charge in [-0.3, -0.25) is 4.79 Å². The molecule has 1 heterocycles. The van der Waals surface area contributed by atoms with Gasteiger partial charge in [-0.05, 0) is 25.5 Å². The van der Waals surface area contributed by atoms with Gasteiger partial charge in [-0.15, -0.1) is 0 Å². The van der Waals surface area contributed by atoms with Gasteiger partial charge in [-0.1, -0.05) is 48.5 Å². The third-order valence-corrected chi connectivity index (χ3v) is 4.22. The van der Waals surface area contributed by atoms with Crippen LogP contribution < -0.4 is 15.4 Å². The highest BCUT2D eigenvalue weighted by Gasteiger charge is 2.33. The molecule has 0 fully saturated rings. The topological polar surface area (TPSA) is 50.4 Å². The molecule has 1 aliphatic heterocycles. The van der Waals surface area contributed by atoms with Crippen LogP contribution in [-0.4, -0.2) is 18.1 Å². The molecule has 126 valence electrons. The van der Waals surface area contributed by atoms with Gasteiger partial charge >= 0.3 is 0 Å². The highest BCUT2D eigenvalue weighted by Crippen LogP contribution is 2.38. The summed E-state index contributed by atoms with van der Waals surface area (Å²) in [7, 11) is 0. The molecule has 4 heteroatoms. The highest BCUT2D eigenvalue weighted by atomic mass is 16.5. The first-order chi connectivity index (χ1) is 11.5. The molecule has 0 saturated heterocycles. The lowest BCUT2D eigenvalue weighted by Crippen LogP contribution is -2.42. The molecule has 0 bridgehead atoms. The van der Waals surface area contributed by atoms with Crippen LogP contribution in [0.1, 0.15) is 37.4 Å². The summed E-state index contributed by atoms with van der Waals surface area (Å²) < 4.78 is 6.02. The average molecular weight is 324 g/mol. The van der Waals surface area contributed by atoms with Crippen molar-refractivity contribution in [2.24, 2.45) is 0 Å². The van der Waals surface area contributed by atoms with Crippen molar-refractivity contribution in [1.82, 2.24) is 10.6 Å². The molecule has 0 spiro atoms. The molecule has 2 N–H and O–H groups in total. The molecule has 0 saturated carbocycles. The van der Waals surface area contributed by atoms with E-state index in [4.69, 9.17) is 4.74 Å². The van der Waals surface area contributed by atoms with Crippen molar-refractivity contribution in [2.45, 2.75) is 38.5 Å². The summed E-state index contributed by atoms with van der Waals surface area (Å²) >= 11 is 0. The number of rotatable bonds is 5. The predicted octanol–water partition coefficient (Wildman–Crippen LogP) is 3.19. The van der Waals surface area contributed by atoms with Crippen LogP contribution in [0.4, 0.5) is 0 Å². The maximum Gasteiger partial charge on any atom is 0.234 e. The minimum atomic E-state index is -0.244. The van der Waals surface area contributed by atoms with Gasteiger partial charge in [-0.25, -0.2) is 0 Å². The van der Waals surface area contributed by atoms with E-state index < -0.39 is 0 Å². The monoisotopic (exact) mass is 324 g/mol. The Morgan fingerprint density at radius 1 is 1.12 bits per heavy atom. The molecule has 3 rings (SSSR count). The van der Waals surface area contributed by atoms with Crippen LogP contribution >= 0.6 is 0 Å². The number of benzene rings is 2. The zero-order valence-electron chi connectivity index (χ0n) is 14.2. The van der Waals surface area contributed by atoms with Gasteiger partial charge in [0.15, 0.2) is 0 Å². The summed E-state index contributed by atoms with van der Waals surface area (Å²) in [6.45, 7) is 5.00. The molecule has 1 amide bonds. The fraction of sp³-hybridized carbons (Fsp3) is 0.350. The molecule has 24 heavy (non-hydrogen) atoms. The van der Waals surface area contributed by atoms with Gasteiger partial charge in [0.2, 0.25) is 5.91 Å². The van der Waals surface area contributed by atoms with E-state index in [0.29, 0.717) is 13.1 Å². The van der Waals surface area contributed by atoms with Gasteiger partial charge in [0, 0.05) is 24.6 Å². The number of hydrogen-bond acceptors (Lipinski definition) is 3. The third kappa shape index (κ3) is 4.15. The molecular formula is C20H24N2O2. The lowest BCUT2D eigenvalue weighted by Gasteiger charge is -2.38. The molecule has 1 atom stereocenters. The number of ether oxygens (including phenoxy) is 1. The van der Waals surface area contributed by atoms with E-state index in [-0.39, 0.29) is 17.6 Å². The van der Waals surface area contributed by atoms with Crippen LogP contribution in [-0.2, 0) is 11.3 Å². The van der Waals surface area contributed by atoms with E-state index in [2.05, 4.69) is 30.5 Å². The minimum Gasteiger partial charge on any atom is -0.487 e. The second kappa shape index (κ2) is 7.05. The van der Waals surface area contributed by atoms with E-state index in [9.17, 15) is 4.79 Å². The number of amides is 1. The molecule has 2 aromatic carbocycles. The maximum atomic E-state index is 12.1. The van der Waals surface area contributed by atoms with Crippen molar-refractivity contribution in [2.75, 3.05) is 6.54 Å². The lowest BCUT2D eigenvalue weighted by molar-refractivity contribution is -0.120. The first-order valence-electron chi connectivity index (χ1n) is 8.35. The second-order valence-corrected chi connectivity index (χ2v) is 6.80. The average Bonchev–Trinajstić information content (AvgIpc) is 2.58. The molecule has 0 radical (unpaired) electrons. The highest BCUT2D eigenvalue weighted by molar-refractivity contribution is 5.78. The normalized spacial score (nSPS) is 18.3. The summed E-state index contributed by atoms with van der Waals surface area (Å²) in [5.74, 6) is 0.900. The molecule has 1 aliphatic rings. The van der Waals surface area contributed by atoms with Crippen LogP contribution in [0.2, 0.25) is 0 Å². The van der Waals surface area contributed by atoms with E-state index in [1.54, 1.807) is 0 Å². The van der Waals surface area contributed by atoms with Crippen molar-refractivity contribution in [3.8, 4) is 5.75 Å². The van der Waals surface area contributed by atoms with Crippen molar-refractivity contribution >= 4 is 5.91 Å². The zero-order chi connectivity index (χ0) is 17.0. The Morgan fingerprint density at radius 3 is 2.62 bits per heavy atom. The number of carbonyl (C=O) groups is 1. The van der Waals surface area contributed by atoms with E-state index in [1.807, 2.05) is 48.5 Å². The lowest BCUT2D eigenvalue weighted by atomic mass is 9.90.